The molecule has 0 aliphatic heterocycles. The van der Waals surface area contributed by atoms with Gasteiger partial charge in [0.05, 0.1) is 11.2 Å². The molecule has 2 heterocycles. The Kier molecular flexibility index (Phi) is 4.82. The summed E-state index contributed by atoms with van der Waals surface area (Å²) in [7, 11) is 0. The normalized spacial score (nSPS) is 10.7. The fourth-order valence-electron chi connectivity index (χ4n) is 1.72. The van der Waals surface area contributed by atoms with Crippen LogP contribution in [0, 0.1) is 6.92 Å². The Balaban J connectivity index is 1.96. The molecule has 102 valence electrons. The molecule has 0 radical (unpaired) electrons. The molecule has 4 nitrogen and oxygen atoms in total. The average Bonchev–Trinajstić information content (AvgIpc) is 2.75. The maximum absolute atomic E-state index is 5.84. The van der Waals surface area contributed by atoms with Crippen molar-refractivity contribution in [2.75, 3.05) is 6.54 Å². The molecule has 0 aliphatic rings. The minimum absolute atomic E-state index is 0.370. The molecule has 2 aromatic heterocycles. The number of furan rings is 1. The average molecular weight is 281 g/mol. The molecular formula is C14H17ClN2O2. The van der Waals surface area contributed by atoms with Gasteiger partial charge in [-0.2, -0.15) is 0 Å². The molecule has 2 rings (SSSR count). The summed E-state index contributed by atoms with van der Waals surface area (Å²) in [6.07, 6.45) is 3.20. The zero-order chi connectivity index (χ0) is 13.7. The number of aryl methyl sites for hydroxylation is 1. The van der Waals surface area contributed by atoms with Crippen molar-refractivity contribution in [1.29, 1.82) is 0 Å². The van der Waals surface area contributed by atoms with Gasteiger partial charge in [-0.3, -0.25) is 4.98 Å². The highest BCUT2D eigenvalue weighted by Gasteiger charge is 2.07. The van der Waals surface area contributed by atoms with E-state index in [4.69, 9.17) is 20.8 Å². The number of hydrogen-bond donors (Lipinski definition) is 1. The van der Waals surface area contributed by atoms with Crippen LogP contribution in [-0.2, 0) is 13.2 Å². The second-order valence-corrected chi connectivity index (χ2v) is 4.64. The summed E-state index contributed by atoms with van der Waals surface area (Å²) in [5.74, 6) is 2.35. The Bertz CT molecular complexity index is 540. The van der Waals surface area contributed by atoms with Gasteiger partial charge in [0.25, 0.3) is 0 Å². The Labute approximate surface area is 117 Å². The van der Waals surface area contributed by atoms with Crippen LogP contribution in [0.5, 0.6) is 5.75 Å². The van der Waals surface area contributed by atoms with Gasteiger partial charge >= 0.3 is 0 Å². The highest BCUT2D eigenvalue weighted by molar-refractivity contribution is 6.30. The van der Waals surface area contributed by atoms with E-state index in [2.05, 4.69) is 17.2 Å². The maximum atomic E-state index is 5.84. The number of pyridine rings is 1. The van der Waals surface area contributed by atoms with Gasteiger partial charge in [0, 0.05) is 24.4 Å². The van der Waals surface area contributed by atoms with Gasteiger partial charge in [-0.1, -0.05) is 18.5 Å². The Hall–Kier alpha value is -1.52. The van der Waals surface area contributed by atoms with E-state index in [-0.39, 0.29) is 0 Å². The zero-order valence-corrected chi connectivity index (χ0v) is 11.8. The van der Waals surface area contributed by atoms with Crippen molar-refractivity contribution in [1.82, 2.24) is 10.3 Å². The second kappa shape index (κ2) is 6.59. The van der Waals surface area contributed by atoms with Crippen LogP contribution in [0.25, 0.3) is 0 Å². The lowest BCUT2D eigenvalue weighted by Gasteiger charge is -2.03. The third kappa shape index (κ3) is 3.98. The van der Waals surface area contributed by atoms with E-state index in [1.807, 2.05) is 13.0 Å². The Morgan fingerprint density at radius 1 is 1.37 bits per heavy atom. The van der Waals surface area contributed by atoms with Crippen molar-refractivity contribution in [2.45, 2.75) is 27.0 Å². The summed E-state index contributed by atoms with van der Waals surface area (Å²) in [6, 6.07) is 3.74. The lowest BCUT2D eigenvalue weighted by atomic mass is 10.2. The van der Waals surface area contributed by atoms with E-state index in [1.165, 1.54) is 0 Å². The summed E-state index contributed by atoms with van der Waals surface area (Å²) >= 11 is 5.84. The van der Waals surface area contributed by atoms with Crippen LogP contribution in [0.2, 0.25) is 5.02 Å². The Morgan fingerprint density at radius 2 is 2.21 bits per heavy atom. The first-order chi connectivity index (χ1) is 9.19. The summed E-state index contributed by atoms with van der Waals surface area (Å²) < 4.78 is 11.2. The smallest absolute Gasteiger partial charge is 0.146 e. The third-order valence-electron chi connectivity index (χ3n) is 2.70. The van der Waals surface area contributed by atoms with Crippen LogP contribution < -0.4 is 10.1 Å². The molecule has 5 heteroatoms. The first-order valence-corrected chi connectivity index (χ1v) is 6.59. The number of hydrogen-bond acceptors (Lipinski definition) is 4. The minimum atomic E-state index is 0.370. The monoisotopic (exact) mass is 280 g/mol. The van der Waals surface area contributed by atoms with Crippen LogP contribution in [0.15, 0.2) is 28.9 Å². The highest BCUT2D eigenvalue weighted by atomic mass is 35.5. The number of aromatic nitrogens is 1. The van der Waals surface area contributed by atoms with Crippen molar-refractivity contribution in [2.24, 2.45) is 0 Å². The third-order valence-corrected chi connectivity index (χ3v) is 2.90. The van der Waals surface area contributed by atoms with Gasteiger partial charge in [-0.15, -0.1) is 0 Å². The van der Waals surface area contributed by atoms with Gasteiger partial charge in [0.2, 0.25) is 0 Å². The van der Waals surface area contributed by atoms with Gasteiger partial charge in [-0.05, 0) is 19.5 Å². The molecule has 0 aliphatic carbocycles. The van der Waals surface area contributed by atoms with Crippen molar-refractivity contribution in [3.63, 3.8) is 0 Å². The SMILES string of the molecule is CCNCc1cc(COc2cncc(Cl)c2)oc1C. The van der Waals surface area contributed by atoms with Crippen molar-refractivity contribution in [3.05, 3.63) is 46.6 Å². The van der Waals surface area contributed by atoms with Crippen LogP contribution in [-0.4, -0.2) is 11.5 Å². The molecule has 0 amide bonds. The summed E-state index contributed by atoms with van der Waals surface area (Å²) in [5.41, 5.74) is 1.16. The van der Waals surface area contributed by atoms with Crippen LogP contribution >= 0.6 is 11.6 Å². The van der Waals surface area contributed by atoms with Crippen LogP contribution in [0.1, 0.15) is 24.0 Å². The van der Waals surface area contributed by atoms with E-state index in [1.54, 1.807) is 18.5 Å². The molecule has 0 spiro atoms. The summed E-state index contributed by atoms with van der Waals surface area (Å²) in [5, 5.41) is 3.83. The van der Waals surface area contributed by atoms with Crippen molar-refractivity contribution >= 4 is 11.6 Å². The van der Waals surface area contributed by atoms with Gasteiger partial charge in [0.1, 0.15) is 23.9 Å². The molecule has 0 aromatic carbocycles. The zero-order valence-electron chi connectivity index (χ0n) is 11.1. The van der Waals surface area contributed by atoms with Crippen molar-refractivity contribution in [3.8, 4) is 5.75 Å². The fraction of sp³-hybridized carbons (Fsp3) is 0.357. The fourth-order valence-corrected chi connectivity index (χ4v) is 1.88. The van der Waals surface area contributed by atoms with E-state index in [0.717, 1.165) is 30.2 Å². The molecule has 0 atom stereocenters. The topological polar surface area (TPSA) is 47.3 Å². The summed E-state index contributed by atoms with van der Waals surface area (Å²) in [4.78, 5) is 3.96. The molecule has 0 saturated heterocycles. The highest BCUT2D eigenvalue weighted by Crippen LogP contribution is 2.19. The second-order valence-electron chi connectivity index (χ2n) is 4.20. The molecule has 2 aromatic rings. The molecule has 1 N–H and O–H groups in total. The van der Waals surface area contributed by atoms with Crippen LogP contribution in [0.4, 0.5) is 0 Å². The predicted octanol–water partition coefficient (Wildman–Crippen LogP) is 3.32. The van der Waals surface area contributed by atoms with Gasteiger partial charge in [0.15, 0.2) is 0 Å². The predicted molar refractivity (Wildman–Crippen MR) is 74.4 cm³/mol. The first kappa shape index (κ1) is 13.9. The number of rotatable bonds is 6. The maximum Gasteiger partial charge on any atom is 0.146 e. The minimum Gasteiger partial charge on any atom is -0.484 e. The number of nitrogens with zero attached hydrogens (tertiary/aromatic N) is 1. The van der Waals surface area contributed by atoms with E-state index < -0.39 is 0 Å². The Morgan fingerprint density at radius 3 is 2.95 bits per heavy atom. The molecule has 0 bridgehead atoms. The van der Waals surface area contributed by atoms with Gasteiger partial charge < -0.3 is 14.5 Å². The van der Waals surface area contributed by atoms with Crippen molar-refractivity contribution < 1.29 is 9.15 Å². The first-order valence-electron chi connectivity index (χ1n) is 6.21. The molecule has 19 heavy (non-hydrogen) atoms. The molecular weight excluding hydrogens is 264 g/mol. The quantitative estimate of drug-likeness (QED) is 0.882. The number of nitrogens with one attached hydrogen (secondary N) is 1. The lowest BCUT2D eigenvalue weighted by Crippen LogP contribution is -2.11. The molecule has 0 fully saturated rings. The number of halogens is 1. The molecule has 0 saturated carbocycles. The molecule has 0 unspecified atom stereocenters. The lowest BCUT2D eigenvalue weighted by molar-refractivity contribution is 0.266. The summed E-state index contributed by atoms with van der Waals surface area (Å²) in [6.45, 7) is 6.15. The largest absolute Gasteiger partial charge is 0.484 e. The van der Waals surface area contributed by atoms with Crippen LogP contribution in [0.3, 0.4) is 0 Å². The standard InChI is InChI=1S/C14H17ClN2O2/c1-3-16-6-11-4-14(19-10(11)2)9-18-13-5-12(15)7-17-8-13/h4-5,7-8,16H,3,6,9H2,1-2H3. The van der Waals surface area contributed by atoms with E-state index >= 15 is 0 Å². The van der Waals surface area contributed by atoms with E-state index in [9.17, 15) is 0 Å². The van der Waals surface area contributed by atoms with Gasteiger partial charge in [-0.25, -0.2) is 0 Å². The number of ether oxygens (including phenoxy) is 1. The van der Waals surface area contributed by atoms with E-state index in [0.29, 0.717) is 17.4 Å².